The van der Waals surface area contributed by atoms with E-state index in [9.17, 15) is 18.8 Å². The van der Waals surface area contributed by atoms with Crippen LogP contribution in [-0.2, 0) is 20.8 Å². The highest BCUT2D eigenvalue weighted by Gasteiger charge is 2.29. The van der Waals surface area contributed by atoms with Crippen molar-refractivity contribution in [2.45, 2.75) is 31.7 Å². The second kappa shape index (κ2) is 15.3. The van der Waals surface area contributed by atoms with Gasteiger partial charge in [-0.3, -0.25) is 14.4 Å². The summed E-state index contributed by atoms with van der Waals surface area (Å²) in [5, 5.41) is 5.67. The number of ether oxygens (including phenoxy) is 1. The van der Waals surface area contributed by atoms with Crippen LogP contribution in [0.3, 0.4) is 0 Å². The molecule has 0 spiro atoms. The SMILES string of the molecule is C=CC(=O)NCCCCC(NC(=O)Cc1ccccc1)C(=O)N1CCN(c2cccc(OCCF)n2)CC1. The topological polar surface area (TPSA) is 104 Å². The van der Waals surface area contributed by atoms with E-state index in [4.69, 9.17) is 4.74 Å². The fraction of sp³-hybridized carbons (Fsp3) is 0.429. The van der Waals surface area contributed by atoms with Gasteiger partial charge in [-0.25, -0.2) is 4.39 Å². The van der Waals surface area contributed by atoms with Crippen molar-refractivity contribution in [2.75, 3.05) is 50.9 Å². The summed E-state index contributed by atoms with van der Waals surface area (Å²) in [6.45, 7) is 5.39. The molecule has 1 atom stereocenters. The van der Waals surface area contributed by atoms with Crippen molar-refractivity contribution in [2.24, 2.45) is 0 Å². The molecular formula is C28H36FN5O4. The molecule has 0 saturated carbocycles. The Labute approximate surface area is 223 Å². The molecular weight excluding hydrogens is 489 g/mol. The summed E-state index contributed by atoms with van der Waals surface area (Å²) >= 11 is 0. The lowest BCUT2D eigenvalue weighted by Crippen LogP contribution is -2.55. The third kappa shape index (κ3) is 9.17. The van der Waals surface area contributed by atoms with E-state index in [1.807, 2.05) is 42.5 Å². The number of nitrogens with one attached hydrogen (secondary N) is 2. The maximum absolute atomic E-state index is 13.5. The molecule has 1 fully saturated rings. The summed E-state index contributed by atoms with van der Waals surface area (Å²) < 4.78 is 17.7. The largest absolute Gasteiger partial charge is 0.475 e. The van der Waals surface area contributed by atoms with Gasteiger partial charge in [-0.15, -0.1) is 0 Å². The third-order valence-electron chi connectivity index (χ3n) is 6.20. The first-order chi connectivity index (χ1) is 18.5. The molecule has 1 aromatic heterocycles. The highest BCUT2D eigenvalue weighted by atomic mass is 19.1. The molecule has 0 bridgehead atoms. The first-order valence-electron chi connectivity index (χ1n) is 12.9. The average Bonchev–Trinajstić information content (AvgIpc) is 2.95. The molecule has 0 aliphatic carbocycles. The molecule has 9 nitrogen and oxygen atoms in total. The first-order valence-corrected chi connectivity index (χ1v) is 12.9. The lowest BCUT2D eigenvalue weighted by Gasteiger charge is -2.37. The molecule has 1 aromatic carbocycles. The number of anilines is 1. The van der Waals surface area contributed by atoms with Crippen LogP contribution in [0.15, 0.2) is 61.2 Å². The second-order valence-corrected chi connectivity index (χ2v) is 8.96. The molecule has 38 heavy (non-hydrogen) atoms. The van der Waals surface area contributed by atoms with E-state index >= 15 is 0 Å². The van der Waals surface area contributed by atoms with Crippen LogP contribution in [0.5, 0.6) is 5.88 Å². The highest BCUT2D eigenvalue weighted by molar-refractivity contribution is 5.88. The molecule has 10 heteroatoms. The molecule has 1 saturated heterocycles. The number of alkyl halides is 1. The van der Waals surface area contributed by atoms with Crippen LogP contribution in [0.4, 0.5) is 10.2 Å². The Kier molecular flexibility index (Phi) is 11.5. The number of halogens is 1. The van der Waals surface area contributed by atoms with Crippen LogP contribution in [0.1, 0.15) is 24.8 Å². The zero-order chi connectivity index (χ0) is 27.2. The normalized spacial score (nSPS) is 13.9. The van der Waals surface area contributed by atoms with Crippen LogP contribution in [0.2, 0.25) is 0 Å². The molecule has 3 amide bonds. The molecule has 1 aliphatic heterocycles. The molecule has 2 N–H and O–H groups in total. The smallest absolute Gasteiger partial charge is 0.245 e. The lowest BCUT2D eigenvalue weighted by atomic mass is 10.1. The van der Waals surface area contributed by atoms with Crippen molar-refractivity contribution in [1.29, 1.82) is 0 Å². The highest BCUT2D eigenvalue weighted by Crippen LogP contribution is 2.18. The number of nitrogens with zero attached hydrogens (tertiary/aromatic N) is 3. The van der Waals surface area contributed by atoms with Crippen LogP contribution in [-0.4, -0.2) is 79.7 Å². The summed E-state index contributed by atoms with van der Waals surface area (Å²) in [7, 11) is 0. The van der Waals surface area contributed by atoms with Crippen molar-refractivity contribution in [3.63, 3.8) is 0 Å². The monoisotopic (exact) mass is 525 g/mol. The Bertz CT molecular complexity index is 1060. The van der Waals surface area contributed by atoms with E-state index in [1.165, 1.54) is 6.08 Å². The summed E-state index contributed by atoms with van der Waals surface area (Å²) in [5.41, 5.74) is 0.877. The minimum absolute atomic E-state index is 0.0449. The van der Waals surface area contributed by atoms with Gasteiger partial charge in [0.15, 0.2) is 0 Å². The van der Waals surface area contributed by atoms with Gasteiger partial charge in [0, 0.05) is 38.8 Å². The summed E-state index contributed by atoms with van der Waals surface area (Å²) in [4.78, 5) is 45.8. The van der Waals surface area contributed by atoms with Gasteiger partial charge in [0.25, 0.3) is 0 Å². The molecule has 3 rings (SSSR count). The molecule has 2 aromatic rings. The minimum atomic E-state index is -0.650. The van der Waals surface area contributed by atoms with Crippen LogP contribution < -0.4 is 20.3 Å². The van der Waals surface area contributed by atoms with Crippen molar-refractivity contribution >= 4 is 23.5 Å². The van der Waals surface area contributed by atoms with E-state index in [2.05, 4.69) is 27.1 Å². The van der Waals surface area contributed by atoms with Crippen LogP contribution in [0.25, 0.3) is 0 Å². The summed E-state index contributed by atoms with van der Waals surface area (Å²) in [6, 6.07) is 14.1. The van der Waals surface area contributed by atoms with Gasteiger partial charge < -0.3 is 25.2 Å². The van der Waals surface area contributed by atoms with Crippen molar-refractivity contribution in [3.8, 4) is 5.88 Å². The van der Waals surface area contributed by atoms with E-state index in [1.54, 1.807) is 11.0 Å². The van der Waals surface area contributed by atoms with Gasteiger partial charge in [-0.1, -0.05) is 43.0 Å². The van der Waals surface area contributed by atoms with Crippen molar-refractivity contribution < 1.29 is 23.5 Å². The Hall–Kier alpha value is -3.95. The van der Waals surface area contributed by atoms with Crippen LogP contribution >= 0.6 is 0 Å². The number of benzene rings is 1. The predicted molar refractivity (Wildman–Crippen MR) is 144 cm³/mol. The Morgan fingerprint density at radius 2 is 1.82 bits per heavy atom. The minimum Gasteiger partial charge on any atom is -0.475 e. The number of carbonyl (C=O) groups is 3. The number of piperazine rings is 1. The first kappa shape index (κ1) is 28.6. The molecule has 0 radical (unpaired) electrons. The lowest BCUT2D eigenvalue weighted by molar-refractivity contribution is -0.136. The number of unbranched alkanes of at least 4 members (excludes halogenated alkanes) is 1. The average molecular weight is 526 g/mol. The van der Waals surface area contributed by atoms with E-state index in [0.717, 1.165) is 5.56 Å². The fourth-order valence-corrected chi connectivity index (χ4v) is 4.22. The van der Waals surface area contributed by atoms with Gasteiger partial charge in [0.1, 0.15) is 25.1 Å². The van der Waals surface area contributed by atoms with E-state index < -0.39 is 12.7 Å². The Morgan fingerprint density at radius 3 is 2.53 bits per heavy atom. The maximum atomic E-state index is 13.5. The molecule has 2 heterocycles. The van der Waals surface area contributed by atoms with Gasteiger partial charge in [-0.2, -0.15) is 4.98 Å². The molecule has 1 aliphatic rings. The second-order valence-electron chi connectivity index (χ2n) is 8.96. The van der Waals surface area contributed by atoms with Crippen molar-refractivity contribution in [3.05, 3.63) is 66.7 Å². The number of carbonyl (C=O) groups excluding carboxylic acids is 3. The number of hydrogen-bond acceptors (Lipinski definition) is 6. The number of amides is 3. The van der Waals surface area contributed by atoms with E-state index in [0.29, 0.717) is 63.7 Å². The maximum Gasteiger partial charge on any atom is 0.245 e. The van der Waals surface area contributed by atoms with Gasteiger partial charge in [0.2, 0.25) is 23.6 Å². The molecule has 204 valence electrons. The van der Waals surface area contributed by atoms with Crippen molar-refractivity contribution in [1.82, 2.24) is 20.5 Å². The standard InChI is InChI=1S/C28H36FN5O4/c1-2-25(35)30-15-7-6-11-23(31-26(36)21-22-9-4-3-5-10-22)28(37)34-18-16-33(17-19-34)24-12-8-13-27(32-24)38-20-14-29/h2-5,8-10,12-13,23H,1,6-7,11,14-21H2,(H,30,35)(H,31,36). The fourth-order valence-electron chi connectivity index (χ4n) is 4.22. The quantitative estimate of drug-likeness (QED) is 0.290. The van der Waals surface area contributed by atoms with Crippen LogP contribution in [0, 0.1) is 0 Å². The number of aromatic nitrogens is 1. The summed E-state index contributed by atoms with van der Waals surface area (Å²) in [5.74, 6) is 0.518. The number of pyridine rings is 1. The number of rotatable bonds is 14. The van der Waals surface area contributed by atoms with E-state index in [-0.39, 0.29) is 30.7 Å². The zero-order valence-electron chi connectivity index (χ0n) is 21.6. The zero-order valence-corrected chi connectivity index (χ0v) is 21.6. The Balaban J connectivity index is 1.57. The number of hydrogen-bond donors (Lipinski definition) is 2. The summed E-state index contributed by atoms with van der Waals surface area (Å²) in [6.07, 6.45) is 3.23. The predicted octanol–water partition coefficient (Wildman–Crippen LogP) is 2.28. The van der Waals surface area contributed by atoms with Gasteiger partial charge in [0.05, 0.1) is 6.42 Å². The third-order valence-corrected chi connectivity index (χ3v) is 6.20. The van der Waals surface area contributed by atoms with Gasteiger partial charge in [-0.05, 0) is 37.0 Å². The molecule has 1 unspecified atom stereocenters. The Morgan fingerprint density at radius 1 is 1.05 bits per heavy atom. The van der Waals surface area contributed by atoms with Gasteiger partial charge >= 0.3 is 0 Å².